The summed E-state index contributed by atoms with van der Waals surface area (Å²) in [4.78, 5) is 4.01. The molecule has 0 aromatic carbocycles. The molecule has 1 saturated carbocycles. The van der Waals surface area contributed by atoms with E-state index < -0.39 is 0 Å². The van der Waals surface area contributed by atoms with Crippen LogP contribution in [-0.2, 0) is 0 Å². The number of hydrogen-bond donors (Lipinski definition) is 2. The van der Waals surface area contributed by atoms with Gasteiger partial charge in [0, 0.05) is 29.9 Å². The molecule has 0 bridgehead atoms. The maximum absolute atomic E-state index is 9.68. The average Bonchev–Trinajstić information content (AvgIpc) is 2.29. The molecule has 3 heteroatoms. The number of aromatic nitrogens is 1. The van der Waals surface area contributed by atoms with Crippen molar-refractivity contribution in [1.82, 2.24) is 10.3 Å². The quantitative estimate of drug-likeness (QED) is 0.817. The van der Waals surface area contributed by atoms with Crippen molar-refractivity contribution in [3.05, 3.63) is 30.1 Å². The Morgan fingerprint density at radius 1 is 1.44 bits per heavy atom. The van der Waals surface area contributed by atoms with Gasteiger partial charge in [-0.3, -0.25) is 4.98 Å². The zero-order valence-corrected chi connectivity index (χ0v) is 10.1. The van der Waals surface area contributed by atoms with E-state index in [0.29, 0.717) is 12.1 Å². The second-order valence-electron chi connectivity index (χ2n) is 5.29. The molecule has 2 rings (SSSR count). The lowest BCUT2D eigenvalue weighted by Gasteiger charge is -2.50. The lowest BCUT2D eigenvalue weighted by Crippen LogP contribution is -2.60. The summed E-state index contributed by atoms with van der Waals surface area (Å²) >= 11 is 0. The third kappa shape index (κ3) is 1.97. The highest BCUT2D eigenvalue weighted by molar-refractivity contribution is 5.15. The molecule has 3 atom stereocenters. The molecular weight excluding hydrogens is 200 g/mol. The van der Waals surface area contributed by atoms with Gasteiger partial charge in [0.05, 0.1) is 6.10 Å². The molecule has 1 aromatic rings. The molecule has 1 heterocycles. The maximum Gasteiger partial charge on any atom is 0.0621 e. The first kappa shape index (κ1) is 11.6. The van der Waals surface area contributed by atoms with Crippen LogP contribution in [0.3, 0.4) is 0 Å². The van der Waals surface area contributed by atoms with E-state index in [1.54, 1.807) is 0 Å². The van der Waals surface area contributed by atoms with E-state index in [4.69, 9.17) is 0 Å². The summed E-state index contributed by atoms with van der Waals surface area (Å²) in [7, 11) is 0. The minimum absolute atomic E-state index is 0.0126. The summed E-state index contributed by atoms with van der Waals surface area (Å²) < 4.78 is 0. The van der Waals surface area contributed by atoms with E-state index in [1.807, 2.05) is 24.5 Å². The van der Waals surface area contributed by atoms with Crippen molar-refractivity contribution in [3.63, 3.8) is 0 Å². The summed E-state index contributed by atoms with van der Waals surface area (Å²) in [5.41, 5.74) is 1.23. The van der Waals surface area contributed by atoms with Crippen LogP contribution in [0.4, 0.5) is 0 Å². The number of aliphatic hydroxyl groups excluding tert-OH is 1. The Bertz CT molecular complexity index is 350. The van der Waals surface area contributed by atoms with Crippen LogP contribution in [0.2, 0.25) is 0 Å². The number of rotatable bonds is 3. The van der Waals surface area contributed by atoms with Crippen molar-refractivity contribution in [1.29, 1.82) is 0 Å². The fourth-order valence-electron chi connectivity index (χ4n) is 2.24. The van der Waals surface area contributed by atoms with Crippen LogP contribution < -0.4 is 5.32 Å². The number of nitrogens with one attached hydrogen (secondary N) is 1. The van der Waals surface area contributed by atoms with Gasteiger partial charge in [-0.1, -0.05) is 13.8 Å². The first-order valence-corrected chi connectivity index (χ1v) is 5.86. The molecule has 2 N–H and O–H groups in total. The van der Waals surface area contributed by atoms with Crippen molar-refractivity contribution in [2.24, 2.45) is 5.41 Å². The smallest absolute Gasteiger partial charge is 0.0621 e. The fraction of sp³-hybridized carbons (Fsp3) is 0.615. The predicted octanol–water partition coefficient (Wildman–Crippen LogP) is 1.89. The van der Waals surface area contributed by atoms with Gasteiger partial charge < -0.3 is 10.4 Å². The van der Waals surface area contributed by atoms with Crippen LogP contribution in [-0.4, -0.2) is 22.2 Å². The highest BCUT2D eigenvalue weighted by Gasteiger charge is 2.47. The van der Waals surface area contributed by atoms with Gasteiger partial charge in [-0.2, -0.15) is 0 Å². The Morgan fingerprint density at radius 2 is 2.06 bits per heavy atom. The van der Waals surface area contributed by atoms with Crippen LogP contribution in [0.1, 0.15) is 38.8 Å². The third-order valence-corrected chi connectivity index (χ3v) is 3.87. The van der Waals surface area contributed by atoms with E-state index in [2.05, 4.69) is 31.1 Å². The predicted molar refractivity (Wildman–Crippen MR) is 64.0 cm³/mol. The standard InChI is InChI=1S/C13H20N2O/c1-9(10-4-6-14-7-5-10)15-11-8-12(16)13(11,2)3/h4-7,9,11-12,15-16H,8H2,1-3H3. The maximum atomic E-state index is 9.68. The summed E-state index contributed by atoms with van der Waals surface area (Å²) in [6.07, 6.45) is 4.31. The lowest BCUT2D eigenvalue weighted by atomic mass is 9.64. The van der Waals surface area contributed by atoms with Crippen LogP contribution in [0.5, 0.6) is 0 Å². The molecule has 1 aliphatic carbocycles. The fourth-order valence-corrected chi connectivity index (χ4v) is 2.24. The largest absolute Gasteiger partial charge is 0.392 e. The van der Waals surface area contributed by atoms with Crippen LogP contribution in [0, 0.1) is 5.41 Å². The highest BCUT2D eigenvalue weighted by Crippen LogP contribution is 2.41. The van der Waals surface area contributed by atoms with E-state index in [-0.39, 0.29) is 11.5 Å². The first-order chi connectivity index (χ1) is 7.51. The number of pyridine rings is 1. The van der Waals surface area contributed by atoms with Gasteiger partial charge in [-0.25, -0.2) is 0 Å². The average molecular weight is 220 g/mol. The zero-order chi connectivity index (χ0) is 11.8. The van der Waals surface area contributed by atoms with Crippen molar-refractivity contribution < 1.29 is 5.11 Å². The van der Waals surface area contributed by atoms with E-state index in [1.165, 1.54) is 5.56 Å². The topological polar surface area (TPSA) is 45.1 Å². The van der Waals surface area contributed by atoms with Gasteiger partial charge in [-0.05, 0) is 31.0 Å². The molecule has 0 aliphatic heterocycles. The third-order valence-electron chi connectivity index (χ3n) is 3.87. The van der Waals surface area contributed by atoms with Crippen LogP contribution in [0.15, 0.2) is 24.5 Å². The summed E-state index contributed by atoms with van der Waals surface area (Å²) in [6.45, 7) is 6.37. The molecule has 0 radical (unpaired) electrons. The van der Waals surface area contributed by atoms with E-state index >= 15 is 0 Å². The Hall–Kier alpha value is -0.930. The van der Waals surface area contributed by atoms with Crippen molar-refractivity contribution in [2.45, 2.75) is 45.4 Å². The SMILES string of the molecule is CC(NC1CC(O)C1(C)C)c1ccncc1. The Balaban J connectivity index is 1.97. The highest BCUT2D eigenvalue weighted by atomic mass is 16.3. The van der Waals surface area contributed by atoms with Gasteiger partial charge in [-0.15, -0.1) is 0 Å². The van der Waals surface area contributed by atoms with Crippen molar-refractivity contribution in [3.8, 4) is 0 Å². The number of hydrogen-bond acceptors (Lipinski definition) is 3. The monoisotopic (exact) mass is 220 g/mol. The van der Waals surface area contributed by atoms with Crippen molar-refractivity contribution in [2.75, 3.05) is 0 Å². The number of aliphatic hydroxyl groups is 1. The van der Waals surface area contributed by atoms with Gasteiger partial charge in [0.2, 0.25) is 0 Å². The van der Waals surface area contributed by atoms with Gasteiger partial charge >= 0.3 is 0 Å². The summed E-state index contributed by atoms with van der Waals surface area (Å²) in [5, 5.41) is 13.2. The second kappa shape index (κ2) is 4.15. The van der Waals surface area contributed by atoms with Crippen molar-refractivity contribution >= 4 is 0 Å². The summed E-state index contributed by atoms with van der Waals surface area (Å²) in [6, 6.07) is 4.75. The van der Waals surface area contributed by atoms with Crippen LogP contribution in [0.25, 0.3) is 0 Å². The molecule has 3 unspecified atom stereocenters. The molecule has 0 saturated heterocycles. The van der Waals surface area contributed by atoms with E-state index in [9.17, 15) is 5.11 Å². The van der Waals surface area contributed by atoms with Gasteiger partial charge in [0.25, 0.3) is 0 Å². The van der Waals surface area contributed by atoms with E-state index in [0.717, 1.165) is 6.42 Å². The molecule has 1 fully saturated rings. The Labute approximate surface area is 96.9 Å². The van der Waals surface area contributed by atoms with Crippen LogP contribution >= 0.6 is 0 Å². The molecule has 1 aliphatic rings. The zero-order valence-electron chi connectivity index (χ0n) is 10.1. The first-order valence-electron chi connectivity index (χ1n) is 5.86. The molecule has 88 valence electrons. The second-order valence-corrected chi connectivity index (χ2v) is 5.29. The Kier molecular flexibility index (Phi) is 3.00. The Morgan fingerprint density at radius 3 is 2.56 bits per heavy atom. The molecular formula is C13H20N2O. The molecule has 1 aromatic heterocycles. The molecule has 0 spiro atoms. The minimum Gasteiger partial charge on any atom is -0.392 e. The van der Waals surface area contributed by atoms with Gasteiger partial charge in [0.1, 0.15) is 0 Å². The normalized spacial score (nSPS) is 29.5. The summed E-state index contributed by atoms with van der Waals surface area (Å²) in [5.74, 6) is 0. The molecule has 0 amide bonds. The number of nitrogens with zero attached hydrogens (tertiary/aromatic N) is 1. The lowest BCUT2D eigenvalue weighted by molar-refractivity contribution is -0.0754. The molecule has 16 heavy (non-hydrogen) atoms. The minimum atomic E-state index is -0.172. The molecule has 3 nitrogen and oxygen atoms in total. The van der Waals surface area contributed by atoms with Gasteiger partial charge in [0.15, 0.2) is 0 Å².